The Balaban J connectivity index is 3.18. The molecule has 0 spiro atoms. The zero-order valence-electron chi connectivity index (χ0n) is 7.28. The Kier molecular flexibility index (Phi) is 3.31. The van der Waals surface area contributed by atoms with Gasteiger partial charge in [0.2, 0.25) is 0 Å². The molecular weight excluding hydrogens is 265 g/mol. The van der Waals surface area contributed by atoms with Crippen molar-refractivity contribution >= 4 is 22.6 Å². The van der Waals surface area contributed by atoms with Gasteiger partial charge in [-0.25, -0.2) is 0 Å². The molecule has 1 aromatic heterocycles. The molecule has 12 heavy (non-hydrogen) atoms. The number of halogens is 1. The van der Waals surface area contributed by atoms with Crippen LogP contribution >= 0.6 is 22.6 Å². The lowest BCUT2D eigenvalue weighted by atomic mass is 10.1. The number of pyridine rings is 1. The Morgan fingerprint density at radius 3 is 2.83 bits per heavy atom. The van der Waals surface area contributed by atoms with Gasteiger partial charge in [0.25, 0.3) is 5.56 Å². The third kappa shape index (κ3) is 2.09. The molecule has 3 heteroatoms. The van der Waals surface area contributed by atoms with Gasteiger partial charge in [0.1, 0.15) is 0 Å². The fourth-order valence-electron chi connectivity index (χ4n) is 1.19. The summed E-state index contributed by atoms with van der Waals surface area (Å²) in [6, 6.07) is 2.05. The molecule has 1 aromatic rings. The monoisotopic (exact) mass is 277 g/mol. The molecule has 0 saturated carbocycles. The van der Waals surface area contributed by atoms with Crippen molar-refractivity contribution in [3.63, 3.8) is 0 Å². The van der Waals surface area contributed by atoms with Crippen molar-refractivity contribution in [1.82, 2.24) is 4.98 Å². The molecule has 0 amide bonds. The first kappa shape index (κ1) is 9.77. The largest absolute Gasteiger partial charge is 0.326 e. The molecular formula is C9H12INO. The Hall–Kier alpha value is -0.320. The number of H-pyrrole nitrogens is 1. The zero-order valence-corrected chi connectivity index (χ0v) is 9.44. The molecule has 0 saturated heterocycles. The van der Waals surface area contributed by atoms with Crippen molar-refractivity contribution in [3.05, 3.63) is 31.2 Å². The molecule has 66 valence electrons. The van der Waals surface area contributed by atoms with Crippen LogP contribution in [-0.4, -0.2) is 4.98 Å². The van der Waals surface area contributed by atoms with Crippen molar-refractivity contribution in [3.8, 4) is 0 Å². The second-order valence-corrected chi connectivity index (χ2v) is 3.95. The van der Waals surface area contributed by atoms with Crippen molar-refractivity contribution in [2.24, 2.45) is 0 Å². The highest BCUT2D eigenvalue weighted by Crippen LogP contribution is 2.09. The summed E-state index contributed by atoms with van der Waals surface area (Å²) in [5.41, 5.74) is 2.15. The molecule has 0 aromatic carbocycles. The van der Waals surface area contributed by atoms with Crippen molar-refractivity contribution in [2.75, 3.05) is 0 Å². The van der Waals surface area contributed by atoms with Crippen LogP contribution < -0.4 is 5.56 Å². The molecule has 0 atom stereocenters. The predicted molar refractivity (Wildman–Crippen MR) is 58.5 cm³/mol. The van der Waals surface area contributed by atoms with Gasteiger partial charge in [-0.05, 0) is 47.6 Å². The second-order valence-electron chi connectivity index (χ2n) is 2.87. The van der Waals surface area contributed by atoms with E-state index >= 15 is 0 Å². The van der Waals surface area contributed by atoms with Crippen LogP contribution in [0, 0.1) is 10.5 Å². The smallest absolute Gasteiger partial charge is 0.261 e. The Morgan fingerprint density at radius 2 is 2.25 bits per heavy atom. The maximum Gasteiger partial charge on any atom is 0.261 e. The van der Waals surface area contributed by atoms with Gasteiger partial charge in [-0.15, -0.1) is 0 Å². The highest BCUT2D eigenvalue weighted by molar-refractivity contribution is 14.1. The minimum Gasteiger partial charge on any atom is -0.326 e. The molecule has 0 aliphatic heterocycles. The maximum absolute atomic E-state index is 11.3. The van der Waals surface area contributed by atoms with E-state index in [0.717, 1.165) is 22.1 Å². The lowest BCUT2D eigenvalue weighted by molar-refractivity contribution is 0.901. The first-order valence-corrected chi connectivity index (χ1v) is 5.11. The van der Waals surface area contributed by atoms with E-state index in [-0.39, 0.29) is 5.56 Å². The third-order valence-electron chi connectivity index (χ3n) is 1.70. The van der Waals surface area contributed by atoms with Gasteiger partial charge < -0.3 is 4.98 Å². The van der Waals surface area contributed by atoms with Gasteiger partial charge in [0.15, 0.2) is 0 Å². The number of aryl methyl sites for hydroxylation is 2. The number of rotatable bonds is 2. The van der Waals surface area contributed by atoms with Gasteiger partial charge >= 0.3 is 0 Å². The molecule has 0 bridgehead atoms. The van der Waals surface area contributed by atoms with E-state index in [1.54, 1.807) is 0 Å². The molecule has 1 N–H and O–H groups in total. The Bertz CT molecular complexity index is 330. The number of aromatic nitrogens is 1. The van der Waals surface area contributed by atoms with Crippen LogP contribution in [0.25, 0.3) is 0 Å². The highest BCUT2D eigenvalue weighted by Gasteiger charge is 2.03. The Morgan fingerprint density at radius 1 is 1.58 bits per heavy atom. The molecule has 0 radical (unpaired) electrons. The van der Waals surface area contributed by atoms with Crippen LogP contribution in [0.15, 0.2) is 10.9 Å². The third-order valence-corrected chi connectivity index (χ3v) is 2.88. The summed E-state index contributed by atoms with van der Waals surface area (Å²) in [4.78, 5) is 14.0. The normalized spacial score (nSPS) is 10.2. The summed E-state index contributed by atoms with van der Waals surface area (Å²) in [7, 11) is 0. The molecule has 1 heterocycles. The number of hydrogen-bond acceptors (Lipinski definition) is 1. The van der Waals surface area contributed by atoms with Crippen molar-refractivity contribution < 1.29 is 0 Å². The first-order valence-electron chi connectivity index (χ1n) is 4.03. The molecule has 0 aliphatic rings. The minimum absolute atomic E-state index is 0.0408. The standard InChI is InChI=1S/C9H12INO/c1-3-4-7-5-6(2)11-9(12)8(7)10/h5H,3-4H2,1-2H3,(H,11,12). The molecule has 2 nitrogen and oxygen atoms in total. The molecule has 0 unspecified atom stereocenters. The lowest BCUT2D eigenvalue weighted by Crippen LogP contribution is -2.13. The van der Waals surface area contributed by atoms with E-state index < -0.39 is 0 Å². The van der Waals surface area contributed by atoms with Gasteiger partial charge in [0.05, 0.1) is 3.57 Å². The molecule has 0 aliphatic carbocycles. The average molecular weight is 277 g/mol. The topological polar surface area (TPSA) is 32.9 Å². The van der Waals surface area contributed by atoms with Crippen LogP contribution in [-0.2, 0) is 6.42 Å². The fourth-order valence-corrected chi connectivity index (χ4v) is 1.75. The van der Waals surface area contributed by atoms with Gasteiger partial charge in [0, 0.05) is 5.69 Å². The average Bonchev–Trinajstić information content (AvgIpc) is 2.00. The fraction of sp³-hybridized carbons (Fsp3) is 0.444. The van der Waals surface area contributed by atoms with Crippen molar-refractivity contribution in [2.45, 2.75) is 26.7 Å². The van der Waals surface area contributed by atoms with Gasteiger partial charge in [-0.3, -0.25) is 4.79 Å². The van der Waals surface area contributed by atoms with Crippen LogP contribution in [0.3, 0.4) is 0 Å². The zero-order chi connectivity index (χ0) is 9.14. The van der Waals surface area contributed by atoms with E-state index in [9.17, 15) is 4.79 Å². The minimum atomic E-state index is 0.0408. The van der Waals surface area contributed by atoms with E-state index in [0.29, 0.717) is 0 Å². The predicted octanol–water partition coefficient (Wildman–Crippen LogP) is 2.24. The Labute approximate surface area is 85.5 Å². The van der Waals surface area contributed by atoms with E-state index in [4.69, 9.17) is 0 Å². The number of hydrogen-bond donors (Lipinski definition) is 1. The van der Waals surface area contributed by atoms with E-state index in [1.807, 2.05) is 13.0 Å². The first-order chi connectivity index (χ1) is 5.65. The van der Waals surface area contributed by atoms with Gasteiger partial charge in [-0.1, -0.05) is 13.3 Å². The maximum atomic E-state index is 11.3. The molecule has 0 fully saturated rings. The lowest BCUT2D eigenvalue weighted by Gasteiger charge is -2.02. The number of nitrogens with one attached hydrogen (secondary N) is 1. The van der Waals surface area contributed by atoms with E-state index in [1.165, 1.54) is 5.56 Å². The van der Waals surface area contributed by atoms with Gasteiger partial charge in [-0.2, -0.15) is 0 Å². The summed E-state index contributed by atoms with van der Waals surface area (Å²) >= 11 is 2.10. The summed E-state index contributed by atoms with van der Waals surface area (Å²) in [6.07, 6.45) is 2.07. The summed E-state index contributed by atoms with van der Waals surface area (Å²) in [6.45, 7) is 4.03. The van der Waals surface area contributed by atoms with Crippen LogP contribution in [0.1, 0.15) is 24.6 Å². The van der Waals surface area contributed by atoms with E-state index in [2.05, 4.69) is 34.5 Å². The molecule has 1 rings (SSSR count). The van der Waals surface area contributed by atoms with Crippen LogP contribution in [0.2, 0.25) is 0 Å². The summed E-state index contributed by atoms with van der Waals surface area (Å²) < 4.78 is 0.833. The number of aromatic amines is 1. The highest BCUT2D eigenvalue weighted by atomic mass is 127. The van der Waals surface area contributed by atoms with Crippen LogP contribution in [0.5, 0.6) is 0 Å². The van der Waals surface area contributed by atoms with Crippen molar-refractivity contribution in [1.29, 1.82) is 0 Å². The SMILES string of the molecule is CCCc1cc(C)[nH]c(=O)c1I. The second kappa shape index (κ2) is 4.07. The van der Waals surface area contributed by atoms with Crippen LogP contribution in [0.4, 0.5) is 0 Å². The summed E-state index contributed by atoms with van der Waals surface area (Å²) in [5.74, 6) is 0. The quantitative estimate of drug-likeness (QED) is 0.826. The summed E-state index contributed by atoms with van der Waals surface area (Å²) in [5, 5.41) is 0.